The molecule has 0 radical (unpaired) electrons. The van der Waals surface area contributed by atoms with Crippen LogP contribution in [0.25, 0.3) is 0 Å². The lowest BCUT2D eigenvalue weighted by atomic mass is 9.97. The summed E-state index contributed by atoms with van der Waals surface area (Å²) in [5.41, 5.74) is 5.22. The standard InChI is InChI=1S/C9H12F6N2O2.ClH/c10-8(11,12)6(9(13,14)15)19-7(18)17-3-5(4-17)1-2-16;/h5-6H,1-4,16H2;1H. The van der Waals surface area contributed by atoms with E-state index >= 15 is 0 Å². The molecule has 20 heavy (non-hydrogen) atoms. The average Bonchev–Trinajstić information content (AvgIpc) is 2.15. The Labute approximate surface area is 116 Å². The van der Waals surface area contributed by atoms with Crippen LogP contribution in [-0.4, -0.2) is 49.1 Å². The zero-order valence-electron chi connectivity index (χ0n) is 10.0. The minimum atomic E-state index is -5.69. The third-order valence-corrected chi connectivity index (χ3v) is 2.60. The van der Waals surface area contributed by atoms with E-state index in [4.69, 9.17) is 5.73 Å². The number of ether oxygens (including phenoxy) is 1. The zero-order valence-corrected chi connectivity index (χ0v) is 10.8. The Hall–Kier alpha value is -0.900. The second kappa shape index (κ2) is 6.70. The first-order valence-electron chi connectivity index (χ1n) is 5.34. The molecular weight excluding hydrogens is 318 g/mol. The molecule has 0 aromatic carbocycles. The maximum absolute atomic E-state index is 12.1. The predicted molar refractivity (Wildman–Crippen MR) is 58.4 cm³/mol. The topological polar surface area (TPSA) is 55.6 Å². The second-order valence-corrected chi connectivity index (χ2v) is 4.20. The van der Waals surface area contributed by atoms with Gasteiger partial charge in [-0.2, -0.15) is 26.3 Å². The molecule has 1 aliphatic heterocycles. The number of carbonyl (C=O) groups is 1. The van der Waals surface area contributed by atoms with Gasteiger partial charge in [0.1, 0.15) is 0 Å². The molecular formula is C9H13ClF6N2O2. The van der Waals surface area contributed by atoms with E-state index < -0.39 is 24.5 Å². The number of nitrogens with zero attached hydrogens (tertiary/aromatic N) is 1. The fraction of sp³-hybridized carbons (Fsp3) is 0.889. The van der Waals surface area contributed by atoms with E-state index in [2.05, 4.69) is 4.74 Å². The van der Waals surface area contributed by atoms with Gasteiger partial charge in [-0.3, -0.25) is 0 Å². The molecule has 0 aromatic rings. The van der Waals surface area contributed by atoms with Gasteiger partial charge in [0, 0.05) is 13.1 Å². The van der Waals surface area contributed by atoms with Crippen LogP contribution in [0.1, 0.15) is 6.42 Å². The van der Waals surface area contributed by atoms with Gasteiger partial charge in [0.25, 0.3) is 6.10 Å². The van der Waals surface area contributed by atoms with Gasteiger partial charge in [0.15, 0.2) is 0 Å². The monoisotopic (exact) mass is 330 g/mol. The van der Waals surface area contributed by atoms with Crippen molar-refractivity contribution >= 4 is 18.5 Å². The molecule has 1 heterocycles. The molecule has 1 amide bonds. The minimum Gasteiger partial charge on any atom is -0.426 e. The van der Waals surface area contributed by atoms with Crippen LogP contribution in [0.4, 0.5) is 31.1 Å². The van der Waals surface area contributed by atoms with Crippen LogP contribution < -0.4 is 5.73 Å². The fourth-order valence-electron chi connectivity index (χ4n) is 1.63. The summed E-state index contributed by atoms with van der Waals surface area (Å²) in [4.78, 5) is 11.9. The number of alkyl halides is 6. The average molecular weight is 331 g/mol. The molecule has 11 heteroatoms. The molecule has 0 aromatic heterocycles. The highest BCUT2D eigenvalue weighted by Gasteiger charge is 2.60. The summed E-state index contributed by atoms with van der Waals surface area (Å²) in [6.45, 7) is 0.443. The molecule has 0 atom stereocenters. The van der Waals surface area contributed by atoms with Gasteiger partial charge < -0.3 is 15.4 Å². The number of amides is 1. The summed E-state index contributed by atoms with van der Waals surface area (Å²) in [7, 11) is 0. The first kappa shape index (κ1) is 19.1. The van der Waals surface area contributed by atoms with E-state index in [1.54, 1.807) is 0 Å². The molecule has 0 spiro atoms. The minimum absolute atomic E-state index is 0. The Kier molecular flexibility index (Phi) is 6.40. The molecule has 1 saturated heterocycles. The number of rotatable bonds is 3. The number of hydrogen-bond donors (Lipinski definition) is 1. The summed E-state index contributed by atoms with van der Waals surface area (Å²) in [5.74, 6) is -0.00669. The second-order valence-electron chi connectivity index (χ2n) is 4.20. The molecule has 120 valence electrons. The quantitative estimate of drug-likeness (QED) is 0.808. The van der Waals surface area contributed by atoms with Crippen molar-refractivity contribution in [2.45, 2.75) is 24.9 Å². The van der Waals surface area contributed by atoms with E-state index in [1.807, 2.05) is 0 Å². The van der Waals surface area contributed by atoms with Crippen LogP contribution in [0.15, 0.2) is 0 Å². The van der Waals surface area contributed by atoms with Crippen LogP contribution in [0, 0.1) is 5.92 Å². The van der Waals surface area contributed by atoms with Gasteiger partial charge in [-0.05, 0) is 18.9 Å². The van der Waals surface area contributed by atoms with Crippen molar-refractivity contribution in [1.82, 2.24) is 4.90 Å². The normalized spacial score (nSPS) is 16.7. The van der Waals surface area contributed by atoms with E-state index in [0.717, 1.165) is 4.90 Å². The molecule has 4 nitrogen and oxygen atoms in total. The molecule has 0 aliphatic carbocycles. The molecule has 0 unspecified atom stereocenters. The Morgan fingerprint density at radius 3 is 2.00 bits per heavy atom. The fourth-order valence-corrected chi connectivity index (χ4v) is 1.63. The van der Waals surface area contributed by atoms with Crippen molar-refractivity contribution in [3.05, 3.63) is 0 Å². The number of halogens is 7. The van der Waals surface area contributed by atoms with Gasteiger partial charge in [-0.1, -0.05) is 0 Å². The van der Waals surface area contributed by atoms with Gasteiger partial charge in [0.05, 0.1) is 0 Å². The Morgan fingerprint density at radius 2 is 1.65 bits per heavy atom. The zero-order chi connectivity index (χ0) is 14.8. The van der Waals surface area contributed by atoms with Gasteiger partial charge in [-0.15, -0.1) is 12.4 Å². The van der Waals surface area contributed by atoms with Crippen molar-refractivity contribution in [2.24, 2.45) is 11.7 Å². The van der Waals surface area contributed by atoms with E-state index in [0.29, 0.717) is 13.0 Å². The van der Waals surface area contributed by atoms with Gasteiger partial charge >= 0.3 is 18.4 Å². The molecule has 0 saturated carbocycles. The van der Waals surface area contributed by atoms with Gasteiger partial charge in [-0.25, -0.2) is 4.79 Å². The Morgan fingerprint density at radius 1 is 1.20 bits per heavy atom. The van der Waals surface area contributed by atoms with E-state index in [1.165, 1.54) is 0 Å². The van der Waals surface area contributed by atoms with E-state index in [-0.39, 0.29) is 31.4 Å². The van der Waals surface area contributed by atoms with Gasteiger partial charge in [0.2, 0.25) is 0 Å². The highest BCUT2D eigenvalue weighted by Crippen LogP contribution is 2.36. The summed E-state index contributed by atoms with van der Waals surface area (Å²) in [6.07, 6.45) is -16.5. The van der Waals surface area contributed by atoms with Crippen LogP contribution in [0.5, 0.6) is 0 Å². The lowest BCUT2D eigenvalue weighted by molar-refractivity contribution is -0.309. The summed E-state index contributed by atoms with van der Waals surface area (Å²) in [6, 6.07) is 0. The summed E-state index contributed by atoms with van der Waals surface area (Å²) >= 11 is 0. The van der Waals surface area contributed by atoms with Crippen molar-refractivity contribution in [1.29, 1.82) is 0 Å². The molecule has 1 aliphatic rings. The largest absolute Gasteiger partial charge is 0.434 e. The molecule has 1 fully saturated rings. The number of nitrogens with two attached hydrogens (primary N) is 1. The van der Waals surface area contributed by atoms with Crippen molar-refractivity contribution in [2.75, 3.05) is 19.6 Å². The first-order chi connectivity index (χ1) is 8.55. The molecule has 1 rings (SSSR count). The highest BCUT2D eigenvalue weighted by atomic mass is 35.5. The highest BCUT2D eigenvalue weighted by molar-refractivity contribution is 5.85. The first-order valence-corrected chi connectivity index (χ1v) is 5.34. The number of carbonyl (C=O) groups excluding carboxylic acids is 1. The summed E-state index contributed by atoms with van der Waals surface area (Å²) in [5, 5.41) is 0. The molecule has 2 N–H and O–H groups in total. The Bertz CT molecular complexity index is 315. The van der Waals surface area contributed by atoms with Crippen LogP contribution >= 0.6 is 12.4 Å². The third-order valence-electron chi connectivity index (χ3n) is 2.60. The number of likely N-dealkylation sites (tertiary alicyclic amines) is 1. The third kappa shape index (κ3) is 4.89. The SMILES string of the molecule is Cl.NCCC1CN(C(=O)OC(C(F)(F)F)C(F)(F)F)C1. The van der Waals surface area contributed by atoms with Crippen molar-refractivity contribution in [3.63, 3.8) is 0 Å². The lowest BCUT2D eigenvalue weighted by Gasteiger charge is -2.39. The van der Waals surface area contributed by atoms with Crippen LogP contribution in [0.2, 0.25) is 0 Å². The predicted octanol–water partition coefficient (Wildman–Crippen LogP) is 2.32. The Balaban J connectivity index is 0.00000361. The van der Waals surface area contributed by atoms with Crippen molar-refractivity contribution in [3.8, 4) is 0 Å². The lowest BCUT2D eigenvalue weighted by Crippen LogP contribution is -2.54. The van der Waals surface area contributed by atoms with Crippen LogP contribution in [0.3, 0.4) is 0 Å². The molecule has 0 bridgehead atoms. The smallest absolute Gasteiger partial charge is 0.426 e. The van der Waals surface area contributed by atoms with Crippen molar-refractivity contribution < 1.29 is 35.9 Å². The number of hydrogen-bond acceptors (Lipinski definition) is 3. The summed E-state index contributed by atoms with van der Waals surface area (Å²) < 4.78 is 76.3. The van der Waals surface area contributed by atoms with E-state index in [9.17, 15) is 31.1 Å². The van der Waals surface area contributed by atoms with Crippen LogP contribution in [-0.2, 0) is 4.74 Å². The maximum atomic E-state index is 12.1. The maximum Gasteiger partial charge on any atom is 0.434 e.